The summed E-state index contributed by atoms with van der Waals surface area (Å²) >= 11 is 0. The van der Waals surface area contributed by atoms with Crippen molar-refractivity contribution in [2.75, 3.05) is 32.7 Å². The highest BCUT2D eigenvalue weighted by Crippen LogP contribution is 2.35. The number of anilines is 1. The molecule has 0 aromatic carbocycles. The average molecular weight is 494 g/mol. The molecule has 2 fully saturated rings. The Balaban J connectivity index is 1.47. The summed E-state index contributed by atoms with van der Waals surface area (Å²) in [6, 6.07) is 5.42. The molecule has 0 spiro atoms. The molecular formula is C25H28FN7O3. The molecule has 5 heterocycles. The number of halogens is 1. The number of methoxy groups -OCH3 is 1. The first-order chi connectivity index (χ1) is 17.6. The Morgan fingerprint density at radius 2 is 2.17 bits per heavy atom. The highest BCUT2D eigenvalue weighted by Gasteiger charge is 2.33. The lowest BCUT2D eigenvalue weighted by atomic mass is 9.90. The zero-order chi connectivity index (χ0) is 24.8. The van der Waals surface area contributed by atoms with Crippen LogP contribution >= 0.6 is 0 Å². The van der Waals surface area contributed by atoms with Crippen molar-refractivity contribution in [1.82, 2.24) is 29.5 Å². The van der Waals surface area contributed by atoms with Crippen LogP contribution in [0.2, 0.25) is 0 Å². The molecule has 11 heteroatoms. The van der Waals surface area contributed by atoms with Crippen LogP contribution in [-0.4, -0.2) is 75.7 Å². The van der Waals surface area contributed by atoms with E-state index in [1.54, 1.807) is 24.9 Å². The molecule has 1 aliphatic heterocycles. The Morgan fingerprint density at radius 3 is 2.92 bits per heavy atom. The zero-order valence-electron chi connectivity index (χ0n) is 20.1. The number of carbonyl (C=O) groups excluding carboxylic acids is 1. The average Bonchev–Trinajstić information content (AvgIpc) is 3.52. The van der Waals surface area contributed by atoms with Crippen LogP contribution in [0.15, 0.2) is 36.8 Å². The van der Waals surface area contributed by atoms with Crippen molar-refractivity contribution in [2.24, 2.45) is 0 Å². The van der Waals surface area contributed by atoms with Crippen LogP contribution in [0.4, 0.5) is 10.2 Å². The maximum atomic E-state index is 13.8. The minimum absolute atomic E-state index is 0.0647. The van der Waals surface area contributed by atoms with Crippen molar-refractivity contribution in [3.63, 3.8) is 0 Å². The molecule has 188 valence electrons. The fourth-order valence-corrected chi connectivity index (χ4v) is 5.09. The number of aromatic nitrogens is 5. The smallest absolute Gasteiger partial charge is 0.257 e. The molecule has 1 unspecified atom stereocenters. The topological polar surface area (TPSA) is 108 Å². The summed E-state index contributed by atoms with van der Waals surface area (Å²) < 4.78 is 28.9. The number of amides is 1. The third-order valence-corrected chi connectivity index (χ3v) is 7.27. The van der Waals surface area contributed by atoms with Crippen molar-refractivity contribution in [1.29, 1.82) is 0 Å². The molecule has 36 heavy (non-hydrogen) atoms. The van der Waals surface area contributed by atoms with Gasteiger partial charge in [-0.15, -0.1) is 0 Å². The van der Waals surface area contributed by atoms with Gasteiger partial charge in [0.25, 0.3) is 5.91 Å². The standard InChI is InChI=1S/C25H28FN7O3/c1-27-22-10-19(30-24-15(11-29-33(22)24)25(34)31-18-6-5-17(18)26)16-12-32(23-14(16)4-3-8-28-23)20-7-9-36-13-21(20)35-2/h3-4,8,10-12,17-18,20-21,27H,5-7,9,13H2,1-2H3,(H,31,34)/t17-,18?,20+,21+/m0/s1. The molecule has 4 aromatic rings. The van der Waals surface area contributed by atoms with E-state index >= 15 is 0 Å². The highest BCUT2D eigenvalue weighted by molar-refractivity contribution is 6.01. The summed E-state index contributed by atoms with van der Waals surface area (Å²) in [4.78, 5) is 22.5. The summed E-state index contributed by atoms with van der Waals surface area (Å²) in [5.41, 5.74) is 3.09. The van der Waals surface area contributed by atoms with Crippen LogP contribution in [0, 0.1) is 0 Å². The molecule has 4 atom stereocenters. The minimum Gasteiger partial charge on any atom is -0.379 e. The second-order valence-electron chi connectivity index (χ2n) is 9.27. The van der Waals surface area contributed by atoms with Crippen LogP contribution in [0.3, 0.4) is 0 Å². The lowest BCUT2D eigenvalue weighted by Crippen LogP contribution is -2.48. The molecule has 2 aliphatic rings. The maximum absolute atomic E-state index is 13.8. The molecule has 0 bridgehead atoms. The highest BCUT2D eigenvalue weighted by atomic mass is 19.1. The number of fused-ring (bicyclic) bond motifs is 2. The molecule has 6 rings (SSSR count). The molecule has 1 aliphatic carbocycles. The Bertz CT molecular complexity index is 1430. The van der Waals surface area contributed by atoms with Gasteiger partial charge in [-0.05, 0) is 31.4 Å². The maximum Gasteiger partial charge on any atom is 0.257 e. The van der Waals surface area contributed by atoms with E-state index in [-0.39, 0.29) is 18.1 Å². The molecule has 10 nitrogen and oxygen atoms in total. The predicted octanol–water partition coefficient (Wildman–Crippen LogP) is 2.99. The number of alkyl halides is 1. The van der Waals surface area contributed by atoms with Gasteiger partial charge in [0.1, 0.15) is 29.3 Å². The Morgan fingerprint density at radius 1 is 1.28 bits per heavy atom. The number of nitrogens with zero attached hydrogens (tertiary/aromatic N) is 5. The normalized spacial score (nSPS) is 24.1. The molecule has 1 saturated carbocycles. The van der Waals surface area contributed by atoms with Crippen LogP contribution in [-0.2, 0) is 9.47 Å². The van der Waals surface area contributed by atoms with Gasteiger partial charge < -0.3 is 24.7 Å². The quantitative estimate of drug-likeness (QED) is 0.425. The van der Waals surface area contributed by atoms with Crippen LogP contribution in [0.5, 0.6) is 0 Å². The fraction of sp³-hybridized carbons (Fsp3) is 0.440. The number of hydrogen-bond acceptors (Lipinski definition) is 7. The SMILES string of the molecule is CNc1cc(-c2cn([C@@H]3CCOC[C@H]3OC)c3ncccc23)nc2c(C(=O)NC3CC[C@@H]3F)cnn12. The molecule has 1 amide bonds. The van der Waals surface area contributed by atoms with Crippen molar-refractivity contribution >= 4 is 28.4 Å². The molecule has 0 radical (unpaired) electrons. The van der Waals surface area contributed by atoms with Gasteiger partial charge in [0.05, 0.1) is 30.6 Å². The summed E-state index contributed by atoms with van der Waals surface area (Å²) in [5.74, 6) is 0.296. The van der Waals surface area contributed by atoms with Gasteiger partial charge in [0.2, 0.25) is 0 Å². The van der Waals surface area contributed by atoms with Gasteiger partial charge in [-0.25, -0.2) is 14.4 Å². The summed E-state index contributed by atoms with van der Waals surface area (Å²) in [5, 5.41) is 11.2. The van der Waals surface area contributed by atoms with Crippen molar-refractivity contribution in [2.45, 2.75) is 43.6 Å². The van der Waals surface area contributed by atoms with Crippen LogP contribution in [0.25, 0.3) is 27.9 Å². The van der Waals surface area contributed by atoms with Crippen molar-refractivity contribution in [3.8, 4) is 11.3 Å². The largest absolute Gasteiger partial charge is 0.379 e. The zero-order valence-corrected chi connectivity index (χ0v) is 20.1. The van der Waals surface area contributed by atoms with E-state index in [2.05, 4.69) is 31.5 Å². The molecule has 1 saturated heterocycles. The first-order valence-electron chi connectivity index (χ1n) is 12.2. The number of ether oxygens (including phenoxy) is 2. The summed E-state index contributed by atoms with van der Waals surface area (Å²) in [7, 11) is 3.49. The number of hydrogen-bond donors (Lipinski definition) is 2. The second kappa shape index (κ2) is 9.14. The number of nitrogens with one attached hydrogen (secondary N) is 2. The number of pyridine rings is 1. The lowest BCUT2D eigenvalue weighted by Gasteiger charge is -2.31. The Labute approximate surface area is 206 Å². The van der Waals surface area contributed by atoms with Gasteiger partial charge in [-0.1, -0.05) is 0 Å². The first-order valence-corrected chi connectivity index (χ1v) is 12.2. The summed E-state index contributed by atoms with van der Waals surface area (Å²) in [6.45, 7) is 1.17. The van der Waals surface area contributed by atoms with E-state index in [0.29, 0.717) is 48.8 Å². The third-order valence-electron chi connectivity index (χ3n) is 7.27. The van der Waals surface area contributed by atoms with Crippen molar-refractivity contribution in [3.05, 3.63) is 42.4 Å². The monoisotopic (exact) mass is 493 g/mol. The van der Waals surface area contributed by atoms with Crippen LogP contribution in [0.1, 0.15) is 35.7 Å². The first kappa shape index (κ1) is 22.9. The van der Waals surface area contributed by atoms with E-state index < -0.39 is 12.2 Å². The van der Waals surface area contributed by atoms with E-state index in [0.717, 1.165) is 23.0 Å². The van der Waals surface area contributed by atoms with Crippen LogP contribution < -0.4 is 10.6 Å². The Kier molecular flexibility index (Phi) is 5.81. The summed E-state index contributed by atoms with van der Waals surface area (Å²) in [6.07, 6.45) is 6.11. The van der Waals surface area contributed by atoms with Gasteiger partial charge in [-0.3, -0.25) is 4.79 Å². The fourth-order valence-electron chi connectivity index (χ4n) is 5.09. The lowest BCUT2D eigenvalue weighted by molar-refractivity contribution is -0.0592. The van der Waals surface area contributed by atoms with E-state index in [9.17, 15) is 9.18 Å². The van der Waals surface area contributed by atoms with Gasteiger partial charge in [0, 0.05) is 50.2 Å². The second-order valence-corrected chi connectivity index (χ2v) is 9.27. The van der Waals surface area contributed by atoms with E-state index in [4.69, 9.17) is 14.5 Å². The van der Waals surface area contributed by atoms with Gasteiger partial charge in [0.15, 0.2) is 5.65 Å². The molecular weight excluding hydrogens is 465 g/mol. The minimum atomic E-state index is -1.01. The molecule has 2 N–H and O–H groups in total. The van der Waals surface area contributed by atoms with E-state index in [1.165, 1.54) is 6.20 Å². The molecule has 4 aromatic heterocycles. The predicted molar refractivity (Wildman–Crippen MR) is 132 cm³/mol. The van der Waals surface area contributed by atoms with Gasteiger partial charge in [-0.2, -0.15) is 9.61 Å². The van der Waals surface area contributed by atoms with Crippen molar-refractivity contribution < 1.29 is 18.7 Å². The van der Waals surface area contributed by atoms with Gasteiger partial charge >= 0.3 is 0 Å². The number of rotatable bonds is 6. The number of carbonyl (C=O) groups is 1. The Hall–Kier alpha value is -3.57. The van der Waals surface area contributed by atoms with E-state index in [1.807, 2.05) is 18.2 Å². The third kappa shape index (κ3) is 3.70.